The molecule has 0 aromatic heterocycles. The Hall–Kier alpha value is -0.980. The molecule has 1 aliphatic carbocycles. The molecule has 54 valence electrons. The fourth-order valence-corrected chi connectivity index (χ4v) is 1.10. The highest BCUT2D eigenvalue weighted by Crippen LogP contribution is 2.19. The molecular weight excluding hydrogens is 124 g/mol. The van der Waals surface area contributed by atoms with Crippen LogP contribution in [0.4, 0.5) is 0 Å². The van der Waals surface area contributed by atoms with Gasteiger partial charge in [-0.25, -0.2) is 0 Å². The lowest BCUT2D eigenvalue weighted by Gasteiger charge is -2.11. The summed E-state index contributed by atoms with van der Waals surface area (Å²) in [6.07, 6.45) is 9.33. The van der Waals surface area contributed by atoms with E-state index in [0.717, 1.165) is 12.8 Å². The molecule has 0 amide bonds. The first-order valence-corrected chi connectivity index (χ1v) is 3.50. The molecule has 0 fully saturated rings. The minimum Gasteiger partial charge on any atom is -0.512 e. The van der Waals surface area contributed by atoms with Crippen molar-refractivity contribution in [3.8, 4) is 0 Å². The lowest BCUT2D eigenvalue weighted by atomic mass is 9.96. The molecular formula is C9H12O. The Kier molecular flexibility index (Phi) is 2.32. The van der Waals surface area contributed by atoms with Crippen LogP contribution in [0.3, 0.4) is 0 Å². The fourth-order valence-electron chi connectivity index (χ4n) is 1.10. The second-order valence-corrected chi connectivity index (χ2v) is 2.53. The zero-order chi connectivity index (χ0) is 7.40. The number of aliphatic hydroxyl groups excluding tert-OH is 1. The molecule has 10 heavy (non-hydrogen) atoms. The molecule has 0 heterocycles. The lowest BCUT2D eigenvalue weighted by molar-refractivity contribution is 0.364. The van der Waals surface area contributed by atoms with E-state index >= 15 is 0 Å². The van der Waals surface area contributed by atoms with Gasteiger partial charge in [0.1, 0.15) is 0 Å². The predicted octanol–water partition coefficient (Wildman–Crippen LogP) is 2.58. The molecule has 0 aromatic rings. The second kappa shape index (κ2) is 3.25. The Bertz CT molecular complexity index is 177. The maximum absolute atomic E-state index is 9.08. The Morgan fingerprint density at radius 3 is 3.20 bits per heavy atom. The van der Waals surface area contributed by atoms with Crippen molar-refractivity contribution >= 4 is 0 Å². The molecule has 0 saturated carbocycles. The van der Waals surface area contributed by atoms with Gasteiger partial charge in [-0.1, -0.05) is 18.2 Å². The maximum Gasteiger partial charge on any atom is 0.0928 e. The minimum atomic E-state index is 0.461. The van der Waals surface area contributed by atoms with Crippen molar-refractivity contribution in [3.05, 3.63) is 36.6 Å². The van der Waals surface area contributed by atoms with E-state index in [1.165, 1.54) is 0 Å². The van der Waals surface area contributed by atoms with Crippen LogP contribution in [0, 0.1) is 5.92 Å². The van der Waals surface area contributed by atoms with Gasteiger partial charge >= 0.3 is 0 Å². The maximum atomic E-state index is 9.08. The highest BCUT2D eigenvalue weighted by Gasteiger charge is 2.07. The number of aliphatic hydroxyl groups is 1. The second-order valence-electron chi connectivity index (χ2n) is 2.53. The molecule has 1 atom stereocenters. The quantitative estimate of drug-likeness (QED) is 0.578. The Balaban J connectivity index is 2.47. The molecule has 1 heteroatoms. The first-order chi connectivity index (χ1) is 4.83. The summed E-state index contributed by atoms with van der Waals surface area (Å²) in [6, 6.07) is 0. The summed E-state index contributed by atoms with van der Waals surface area (Å²) in [6.45, 7) is 3.64. The van der Waals surface area contributed by atoms with E-state index in [4.69, 9.17) is 5.11 Å². The lowest BCUT2D eigenvalue weighted by Crippen LogP contribution is -1.99. The Labute approximate surface area is 61.4 Å². The van der Waals surface area contributed by atoms with Crippen LogP contribution in [0.2, 0.25) is 0 Å². The van der Waals surface area contributed by atoms with E-state index in [1.807, 2.05) is 12.2 Å². The van der Waals surface area contributed by atoms with Gasteiger partial charge in [-0.15, -0.1) is 6.58 Å². The van der Waals surface area contributed by atoms with Crippen molar-refractivity contribution in [2.45, 2.75) is 12.8 Å². The molecule has 0 radical (unpaired) electrons. The summed E-state index contributed by atoms with van der Waals surface area (Å²) in [4.78, 5) is 0. The molecule has 1 aliphatic rings. The standard InChI is InChI=1S/C9H12O/c1-2-4-8-5-3-6-9(10)7-8/h2-3,5-6,8,10H,1,4,7H2. The third kappa shape index (κ3) is 1.76. The zero-order valence-electron chi connectivity index (χ0n) is 5.96. The van der Waals surface area contributed by atoms with Gasteiger partial charge in [0.25, 0.3) is 0 Å². The molecule has 1 unspecified atom stereocenters. The summed E-state index contributed by atoms with van der Waals surface area (Å²) in [5.41, 5.74) is 0. The molecule has 0 saturated heterocycles. The number of allylic oxidation sites excluding steroid dienone is 5. The van der Waals surface area contributed by atoms with Crippen LogP contribution < -0.4 is 0 Å². The molecule has 1 rings (SSSR count). The van der Waals surface area contributed by atoms with Crippen molar-refractivity contribution in [1.29, 1.82) is 0 Å². The average Bonchev–Trinajstić information content (AvgIpc) is 1.88. The van der Waals surface area contributed by atoms with Crippen molar-refractivity contribution in [1.82, 2.24) is 0 Å². The minimum absolute atomic E-state index is 0.461. The van der Waals surface area contributed by atoms with Gasteiger partial charge in [0.15, 0.2) is 0 Å². The van der Waals surface area contributed by atoms with Crippen molar-refractivity contribution < 1.29 is 5.11 Å². The van der Waals surface area contributed by atoms with Gasteiger partial charge in [-0.3, -0.25) is 0 Å². The van der Waals surface area contributed by atoms with E-state index in [9.17, 15) is 0 Å². The molecule has 0 aromatic carbocycles. The van der Waals surface area contributed by atoms with Gasteiger partial charge in [0.2, 0.25) is 0 Å². The SMILES string of the molecule is C=CCC1C=CC=C(O)C1. The molecule has 1 nitrogen and oxygen atoms in total. The highest BCUT2D eigenvalue weighted by molar-refractivity contribution is 5.15. The van der Waals surface area contributed by atoms with Gasteiger partial charge in [-0.05, 0) is 18.4 Å². The van der Waals surface area contributed by atoms with Gasteiger partial charge in [0, 0.05) is 6.42 Å². The van der Waals surface area contributed by atoms with Crippen LogP contribution in [0.25, 0.3) is 0 Å². The number of rotatable bonds is 2. The smallest absolute Gasteiger partial charge is 0.0928 e. The van der Waals surface area contributed by atoms with Crippen molar-refractivity contribution in [3.63, 3.8) is 0 Å². The summed E-state index contributed by atoms with van der Waals surface area (Å²) in [5, 5.41) is 9.08. The summed E-state index contributed by atoms with van der Waals surface area (Å²) >= 11 is 0. The monoisotopic (exact) mass is 136 g/mol. The Morgan fingerprint density at radius 1 is 1.80 bits per heavy atom. The Morgan fingerprint density at radius 2 is 2.60 bits per heavy atom. The number of hydrogen-bond donors (Lipinski definition) is 1. The first kappa shape index (κ1) is 7.13. The first-order valence-electron chi connectivity index (χ1n) is 3.50. The van der Waals surface area contributed by atoms with Crippen LogP contribution in [0.1, 0.15) is 12.8 Å². The van der Waals surface area contributed by atoms with E-state index in [2.05, 4.69) is 12.7 Å². The average molecular weight is 136 g/mol. The summed E-state index contributed by atoms with van der Waals surface area (Å²) < 4.78 is 0. The van der Waals surface area contributed by atoms with E-state index < -0.39 is 0 Å². The topological polar surface area (TPSA) is 20.2 Å². The predicted molar refractivity (Wildman–Crippen MR) is 42.8 cm³/mol. The molecule has 0 aliphatic heterocycles. The largest absolute Gasteiger partial charge is 0.512 e. The summed E-state index contributed by atoms with van der Waals surface area (Å²) in [5.74, 6) is 0.942. The van der Waals surface area contributed by atoms with Crippen LogP contribution >= 0.6 is 0 Å². The molecule has 1 N–H and O–H groups in total. The fraction of sp³-hybridized carbons (Fsp3) is 0.333. The van der Waals surface area contributed by atoms with Crippen LogP contribution in [0.15, 0.2) is 36.6 Å². The van der Waals surface area contributed by atoms with Crippen LogP contribution in [-0.4, -0.2) is 5.11 Å². The van der Waals surface area contributed by atoms with E-state index in [0.29, 0.717) is 11.7 Å². The van der Waals surface area contributed by atoms with E-state index in [-0.39, 0.29) is 0 Å². The highest BCUT2D eigenvalue weighted by atomic mass is 16.3. The molecule has 0 spiro atoms. The van der Waals surface area contributed by atoms with Crippen molar-refractivity contribution in [2.24, 2.45) is 5.92 Å². The molecule has 0 bridgehead atoms. The van der Waals surface area contributed by atoms with Gasteiger partial charge in [0.05, 0.1) is 5.76 Å². The van der Waals surface area contributed by atoms with Crippen LogP contribution in [-0.2, 0) is 0 Å². The van der Waals surface area contributed by atoms with Gasteiger partial charge in [-0.2, -0.15) is 0 Å². The zero-order valence-corrected chi connectivity index (χ0v) is 5.96. The number of hydrogen-bond acceptors (Lipinski definition) is 1. The van der Waals surface area contributed by atoms with Crippen molar-refractivity contribution in [2.75, 3.05) is 0 Å². The third-order valence-corrected chi connectivity index (χ3v) is 1.61. The van der Waals surface area contributed by atoms with Crippen LogP contribution in [0.5, 0.6) is 0 Å². The normalized spacial score (nSPS) is 24.0. The van der Waals surface area contributed by atoms with E-state index in [1.54, 1.807) is 6.08 Å². The summed E-state index contributed by atoms with van der Waals surface area (Å²) in [7, 11) is 0. The van der Waals surface area contributed by atoms with Gasteiger partial charge < -0.3 is 5.11 Å². The third-order valence-electron chi connectivity index (χ3n) is 1.61.